The van der Waals surface area contributed by atoms with E-state index in [0.717, 1.165) is 24.6 Å². The lowest BCUT2D eigenvalue weighted by Crippen LogP contribution is -2.30. The van der Waals surface area contributed by atoms with Crippen LogP contribution < -0.4 is 5.73 Å². The minimum absolute atomic E-state index is 0.192. The van der Waals surface area contributed by atoms with E-state index in [9.17, 15) is 17.6 Å². The Kier molecular flexibility index (Phi) is 4.10. The minimum atomic E-state index is -4.53. The summed E-state index contributed by atoms with van der Waals surface area (Å²) < 4.78 is 57.1. The summed E-state index contributed by atoms with van der Waals surface area (Å²) in [4.78, 5) is 0. The van der Waals surface area contributed by atoms with Crippen molar-refractivity contribution in [1.82, 2.24) is 0 Å². The number of hydrogen-bond donors (Lipinski definition) is 1. The summed E-state index contributed by atoms with van der Waals surface area (Å²) in [6, 6.07) is 1.56. The molecule has 0 spiro atoms. The van der Waals surface area contributed by atoms with Crippen LogP contribution in [0, 0.1) is 11.7 Å². The van der Waals surface area contributed by atoms with Crippen LogP contribution in [0.25, 0.3) is 0 Å². The van der Waals surface area contributed by atoms with Crippen LogP contribution in [0.5, 0.6) is 0 Å². The van der Waals surface area contributed by atoms with Crippen molar-refractivity contribution in [3.63, 3.8) is 0 Å². The Morgan fingerprint density at radius 3 is 2.63 bits per heavy atom. The Balaban J connectivity index is 2.33. The second kappa shape index (κ2) is 5.46. The molecule has 1 aromatic carbocycles. The molecule has 0 amide bonds. The van der Waals surface area contributed by atoms with Gasteiger partial charge in [0, 0.05) is 18.6 Å². The van der Waals surface area contributed by atoms with Crippen LogP contribution >= 0.6 is 0 Å². The van der Waals surface area contributed by atoms with Gasteiger partial charge in [-0.1, -0.05) is 0 Å². The molecule has 2 atom stereocenters. The van der Waals surface area contributed by atoms with E-state index in [4.69, 9.17) is 10.5 Å². The van der Waals surface area contributed by atoms with Crippen LogP contribution in [0.2, 0.25) is 0 Å². The van der Waals surface area contributed by atoms with Crippen molar-refractivity contribution >= 4 is 0 Å². The van der Waals surface area contributed by atoms with Crippen LogP contribution in [0.3, 0.4) is 0 Å². The van der Waals surface area contributed by atoms with Gasteiger partial charge in [-0.05, 0) is 36.6 Å². The predicted octanol–water partition coefficient (Wildman–Crippen LogP) is 3.27. The third-order valence-corrected chi connectivity index (χ3v) is 3.38. The molecular formula is C13H15F4NO. The highest BCUT2D eigenvalue weighted by Crippen LogP contribution is 2.37. The van der Waals surface area contributed by atoms with E-state index >= 15 is 0 Å². The first kappa shape index (κ1) is 14.3. The standard InChI is InChI=1S/C13H15F4NO/c14-9-3-4-11(13(15,16)17)10(6-9)12(18)8-2-1-5-19-7-8/h3-4,6,8,12H,1-2,5,7,18H2. The number of benzene rings is 1. The monoisotopic (exact) mass is 277 g/mol. The summed E-state index contributed by atoms with van der Waals surface area (Å²) >= 11 is 0. The number of ether oxygens (including phenoxy) is 1. The topological polar surface area (TPSA) is 35.2 Å². The average Bonchev–Trinajstić information content (AvgIpc) is 2.37. The predicted molar refractivity (Wildman–Crippen MR) is 61.9 cm³/mol. The lowest BCUT2D eigenvalue weighted by Gasteiger charge is -2.29. The Bertz CT molecular complexity index is 441. The van der Waals surface area contributed by atoms with E-state index in [1.165, 1.54) is 0 Å². The van der Waals surface area contributed by atoms with E-state index in [1.54, 1.807) is 0 Å². The van der Waals surface area contributed by atoms with Crippen molar-refractivity contribution < 1.29 is 22.3 Å². The molecule has 19 heavy (non-hydrogen) atoms. The van der Waals surface area contributed by atoms with E-state index < -0.39 is 23.6 Å². The van der Waals surface area contributed by atoms with Gasteiger partial charge in [-0.15, -0.1) is 0 Å². The normalized spacial score (nSPS) is 22.3. The second-order valence-electron chi connectivity index (χ2n) is 4.73. The van der Waals surface area contributed by atoms with Gasteiger partial charge in [-0.25, -0.2) is 4.39 Å². The van der Waals surface area contributed by atoms with Gasteiger partial charge in [0.2, 0.25) is 0 Å². The zero-order valence-electron chi connectivity index (χ0n) is 10.2. The quantitative estimate of drug-likeness (QED) is 0.842. The minimum Gasteiger partial charge on any atom is -0.381 e. The maximum atomic E-state index is 13.2. The highest BCUT2D eigenvalue weighted by molar-refractivity contribution is 5.33. The van der Waals surface area contributed by atoms with Gasteiger partial charge in [-0.2, -0.15) is 13.2 Å². The summed E-state index contributed by atoms with van der Waals surface area (Å²) in [5.74, 6) is -0.924. The number of nitrogens with two attached hydrogens (primary N) is 1. The molecular weight excluding hydrogens is 262 g/mol. The molecule has 0 bridgehead atoms. The first-order chi connectivity index (χ1) is 8.89. The van der Waals surface area contributed by atoms with E-state index in [-0.39, 0.29) is 11.5 Å². The summed E-state index contributed by atoms with van der Waals surface area (Å²) in [7, 11) is 0. The molecule has 2 rings (SSSR count). The van der Waals surface area contributed by atoms with Gasteiger partial charge in [0.05, 0.1) is 12.2 Å². The summed E-state index contributed by atoms with van der Waals surface area (Å²) in [6.07, 6.45) is -3.08. The fraction of sp³-hybridized carbons (Fsp3) is 0.538. The molecule has 0 radical (unpaired) electrons. The van der Waals surface area contributed by atoms with Crippen LogP contribution in [0.4, 0.5) is 17.6 Å². The van der Waals surface area contributed by atoms with Gasteiger partial charge in [-0.3, -0.25) is 0 Å². The van der Waals surface area contributed by atoms with Crippen molar-refractivity contribution in [3.05, 3.63) is 35.1 Å². The van der Waals surface area contributed by atoms with Gasteiger partial charge < -0.3 is 10.5 Å². The first-order valence-corrected chi connectivity index (χ1v) is 6.09. The largest absolute Gasteiger partial charge is 0.416 e. The average molecular weight is 277 g/mol. The molecule has 6 heteroatoms. The summed E-state index contributed by atoms with van der Waals surface area (Å²) in [6.45, 7) is 0.910. The Morgan fingerprint density at radius 2 is 2.05 bits per heavy atom. The molecule has 2 unspecified atom stereocenters. The number of halogens is 4. The molecule has 0 saturated carbocycles. The molecule has 0 aromatic heterocycles. The summed E-state index contributed by atoms with van der Waals surface area (Å²) in [5.41, 5.74) is 4.83. The molecule has 2 N–H and O–H groups in total. The lowest BCUT2D eigenvalue weighted by atomic mass is 9.87. The van der Waals surface area contributed by atoms with Crippen LogP contribution in [0.1, 0.15) is 30.0 Å². The number of alkyl halides is 3. The van der Waals surface area contributed by atoms with Crippen molar-refractivity contribution in [2.75, 3.05) is 13.2 Å². The molecule has 106 valence electrons. The van der Waals surface area contributed by atoms with Crippen LogP contribution in [-0.4, -0.2) is 13.2 Å². The van der Waals surface area contributed by atoms with Crippen molar-refractivity contribution in [2.24, 2.45) is 11.7 Å². The van der Waals surface area contributed by atoms with Crippen molar-refractivity contribution in [1.29, 1.82) is 0 Å². The second-order valence-corrected chi connectivity index (χ2v) is 4.73. The van der Waals surface area contributed by atoms with Crippen LogP contribution in [0.15, 0.2) is 18.2 Å². The third-order valence-electron chi connectivity index (χ3n) is 3.38. The molecule has 1 aliphatic heterocycles. The molecule has 1 aliphatic rings. The Morgan fingerprint density at radius 1 is 1.32 bits per heavy atom. The molecule has 1 fully saturated rings. The zero-order valence-corrected chi connectivity index (χ0v) is 10.2. The molecule has 1 aromatic rings. The Labute approximate surface area is 108 Å². The molecule has 1 heterocycles. The van der Waals surface area contributed by atoms with Gasteiger partial charge in [0.25, 0.3) is 0 Å². The maximum Gasteiger partial charge on any atom is 0.416 e. The maximum absolute atomic E-state index is 13.2. The number of hydrogen-bond acceptors (Lipinski definition) is 2. The summed E-state index contributed by atoms with van der Waals surface area (Å²) in [5, 5.41) is 0. The van der Waals surface area contributed by atoms with Crippen molar-refractivity contribution in [2.45, 2.75) is 25.1 Å². The lowest BCUT2D eigenvalue weighted by molar-refractivity contribution is -0.138. The molecule has 2 nitrogen and oxygen atoms in total. The zero-order chi connectivity index (χ0) is 14.0. The first-order valence-electron chi connectivity index (χ1n) is 6.09. The molecule has 0 aliphatic carbocycles. The van der Waals surface area contributed by atoms with Gasteiger partial charge in [0.15, 0.2) is 0 Å². The van der Waals surface area contributed by atoms with Crippen LogP contribution in [-0.2, 0) is 10.9 Å². The Hall–Kier alpha value is -1.14. The fourth-order valence-corrected chi connectivity index (χ4v) is 2.37. The third kappa shape index (κ3) is 3.25. The van der Waals surface area contributed by atoms with E-state index in [0.29, 0.717) is 19.6 Å². The van der Waals surface area contributed by atoms with E-state index in [1.807, 2.05) is 0 Å². The smallest absolute Gasteiger partial charge is 0.381 e. The van der Waals surface area contributed by atoms with Gasteiger partial charge in [0.1, 0.15) is 5.82 Å². The van der Waals surface area contributed by atoms with E-state index in [2.05, 4.69) is 0 Å². The SMILES string of the molecule is NC(c1cc(F)ccc1C(F)(F)F)C1CCCOC1. The molecule has 1 saturated heterocycles. The van der Waals surface area contributed by atoms with Crippen molar-refractivity contribution in [3.8, 4) is 0 Å². The van der Waals surface area contributed by atoms with Gasteiger partial charge >= 0.3 is 6.18 Å². The fourth-order valence-electron chi connectivity index (χ4n) is 2.37. The number of rotatable bonds is 2. The highest BCUT2D eigenvalue weighted by atomic mass is 19.4. The highest BCUT2D eigenvalue weighted by Gasteiger charge is 2.36.